The van der Waals surface area contributed by atoms with Gasteiger partial charge in [0.2, 0.25) is 0 Å². The quantitative estimate of drug-likeness (QED) is 0.842. The first-order valence-corrected chi connectivity index (χ1v) is 8.06. The number of nitriles is 2. The van der Waals surface area contributed by atoms with Crippen molar-refractivity contribution in [2.75, 3.05) is 7.11 Å². The molecule has 0 amide bonds. The van der Waals surface area contributed by atoms with Gasteiger partial charge in [-0.05, 0) is 34.4 Å². The van der Waals surface area contributed by atoms with Crippen LogP contribution < -0.4 is 4.74 Å². The monoisotopic (exact) mass is 310 g/mol. The van der Waals surface area contributed by atoms with Crippen LogP contribution in [0.5, 0.6) is 5.75 Å². The molecule has 0 aromatic heterocycles. The Morgan fingerprint density at radius 2 is 1.79 bits per heavy atom. The Morgan fingerprint density at radius 3 is 2.46 bits per heavy atom. The molecule has 3 aliphatic rings. The van der Waals surface area contributed by atoms with Crippen LogP contribution in [0.1, 0.15) is 28.5 Å². The third-order valence-corrected chi connectivity index (χ3v) is 5.96. The smallest absolute Gasteiger partial charge is 0.119 e. The van der Waals surface area contributed by atoms with Gasteiger partial charge in [0.05, 0.1) is 24.7 Å². The van der Waals surface area contributed by atoms with E-state index in [4.69, 9.17) is 4.74 Å². The molecule has 1 saturated carbocycles. The largest absolute Gasteiger partial charge is 0.497 e. The number of rotatable bonds is 2. The SMILES string of the molecule is COc1ccc2c(c1)C1C3C(c4ccccc4)=C(C#N)C2C31C#N. The molecule has 24 heavy (non-hydrogen) atoms. The summed E-state index contributed by atoms with van der Waals surface area (Å²) in [6, 6.07) is 21.1. The summed E-state index contributed by atoms with van der Waals surface area (Å²) in [5, 5.41) is 19.9. The second-order valence-corrected chi connectivity index (χ2v) is 6.73. The fourth-order valence-corrected chi connectivity index (χ4v) is 5.08. The number of hydrogen-bond acceptors (Lipinski definition) is 3. The van der Waals surface area contributed by atoms with Crippen LogP contribution in [-0.2, 0) is 0 Å². The zero-order valence-electron chi connectivity index (χ0n) is 13.2. The summed E-state index contributed by atoms with van der Waals surface area (Å²) in [5.41, 5.74) is 4.76. The molecule has 3 nitrogen and oxygen atoms in total. The van der Waals surface area contributed by atoms with Crippen molar-refractivity contribution in [2.45, 2.75) is 11.8 Å². The number of nitrogens with zero attached hydrogens (tertiary/aromatic N) is 2. The third-order valence-electron chi connectivity index (χ3n) is 5.96. The molecule has 5 rings (SSSR count). The molecule has 2 aromatic rings. The van der Waals surface area contributed by atoms with E-state index >= 15 is 0 Å². The summed E-state index contributed by atoms with van der Waals surface area (Å²) in [6.45, 7) is 0. The van der Waals surface area contributed by atoms with Gasteiger partial charge in [0, 0.05) is 23.3 Å². The molecule has 4 unspecified atom stereocenters. The van der Waals surface area contributed by atoms with Gasteiger partial charge < -0.3 is 4.74 Å². The molecule has 0 spiro atoms. The van der Waals surface area contributed by atoms with Gasteiger partial charge in [-0.15, -0.1) is 0 Å². The highest BCUT2D eigenvalue weighted by molar-refractivity contribution is 5.89. The number of allylic oxidation sites excluding steroid dienone is 2. The highest BCUT2D eigenvalue weighted by Gasteiger charge is 2.79. The molecule has 0 N–H and O–H groups in total. The van der Waals surface area contributed by atoms with E-state index in [0.717, 1.165) is 28.0 Å². The van der Waals surface area contributed by atoms with E-state index in [1.54, 1.807) is 7.11 Å². The summed E-state index contributed by atoms with van der Waals surface area (Å²) >= 11 is 0. The maximum absolute atomic E-state index is 10.0. The third kappa shape index (κ3) is 1.29. The van der Waals surface area contributed by atoms with E-state index < -0.39 is 5.41 Å². The molecule has 4 atom stereocenters. The van der Waals surface area contributed by atoms with Crippen molar-refractivity contribution in [1.82, 2.24) is 0 Å². The Morgan fingerprint density at radius 1 is 1.00 bits per heavy atom. The van der Waals surface area contributed by atoms with Crippen LogP contribution in [0.2, 0.25) is 0 Å². The summed E-state index contributed by atoms with van der Waals surface area (Å²) < 4.78 is 5.37. The van der Waals surface area contributed by atoms with Crippen LogP contribution in [0.4, 0.5) is 0 Å². The van der Waals surface area contributed by atoms with Crippen LogP contribution >= 0.6 is 0 Å². The van der Waals surface area contributed by atoms with Gasteiger partial charge in [0.25, 0.3) is 0 Å². The van der Waals surface area contributed by atoms with Crippen molar-refractivity contribution in [1.29, 1.82) is 10.5 Å². The van der Waals surface area contributed by atoms with Crippen molar-refractivity contribution in [3.8, 4) is 17.9 Å². The van der Waals surface area contributed by atoms with Gasteiger partial charge >= 0.3 is 0 Å². The lowest BCUT2D eigenvalue weighted by Crippen LogP contribution is -2.09. The maximum atomic E-state index is 10.0. The first kappa shape index (κ1) is 13.4. The van der Waals surface area contributed by atoms with E-state index in [-0.39, 0.29) is 17.8 Å². The molecule has 0 aliphatic heterocycles. The highest BCUT2D eigenvalue weighted by Crippen LogP contribution is 2.85. The average Bonchev–Trinajstić information content (AvgIpc) is 3.13. The number of hydrogen-bond donors (Lipinski definition) is 0. The molecule has 3 heteroatoms. The van der Waals surface area contributed by atoms with Crippen molar-refractivity contribution in [2.24, 2.45) is 11.3 Å². The molecule has 2 aromatic carbocycles. The number of methoxy groups -OCH3 is 1. The molecule has 0 heterocycles. The van der Waals surface area contributed by atoms with E-state index in [1.807, 2.05) is 42.5 Å². The number of fused-ring (bicyclic) bond motifs is 4. The second-order valence-electron chi connectivity index (χ2n) is 6.73. The van der Waals surface area contributed by atoms with E-state index in [1.165, 1.54) is 5.56 Å². The fourth-order valence-electron chi connectivity index (χ4n) is 5.08. The molecule has 114 valence electrons. The fraction of sp³-hybridized carbons (Fsp3) is 0.238. The van der Waals surface area contributed by atoms with Crippen molar-refractivity contribution >= 4 is 5.57 Å². The first-order valence-electron chi connectivity index (χ1n) is 8.06. The summed E-state index contributed by atoms with van der Waals surface area (Å²) in [6.07, 6.45) is 0. The topological polar surface area (TPSA) is 56.8 Å². The molecular weight excluding hydrogens is 296 g/mol. The Labute approximate surface area is 140 Å². The Bertz CT molecular complexity index is 993. The minimum absolute atomic E-state index is 0.0985. The first-order chi connectivity index (χ1) is 11.8. The molecule has 1 fully saturated rings. The zero-order chi connectivity index (χ0) is 16.5. The van der Waals surface area contributed by atoms with Gasteiger partial charge in [0.1, 0.15) is 5.75 Å². The summed E-state index contributed by atoms with van der Waals surface area (Å²) in [7, 11) is 1.66. The van der Waals surface area contributed by atoms with Crippen LogP contribution in [0.25, 0.3) is 5.57 Å². The molecule has 0 radical (unpaired) electrons. The van der Waals surface area contributed by atoms with Gasteiger partial charge in [0.15, 0.2) is 0 Å². The average molecular weight is 310 g/mol. The molecule has 0 saturated heterocycles. The second kappa shape index (κ2) is 4.28. The minimum Gasteiger partial charge on any atom is -0.497 e. The minimum atomic E-state index is -0.467. The van der Waals surface area contributed by atoms with Crippen LogP contribution in [-0.4, -0.2) is 7.11 Å². The van der Waals surface area contributed by atoms with Crippen LogP contribution in [0.3, 0.4) is 0 Å². The van der Waals surface area contributed by atoms with Crippen molar-refractivity contribution < 1.29 is 4.74 Å². The Kier molecular flexibility index (Phi) is 2.39. The summed E-state index contributed by atoms with van der Waals surface area (Å²) in [5.74, 6) is 1.03. The number of ether oxygens (including phenoxy) is 1. The zero-order valence-corrected chi connectivity index (χ0v) is 13.2. The van der Waals surface area contributed by atoms with Crippen molar-refractivity contribution in [3.05, 3.63) is 70.8 Å². The Balaban J connectivity index is 1.76. The van der Waals surface area contributed by atoms with Gasteiger partial charge in [-0.2, -0.15) is 10.5 Å². The predicted octanol–water partition coefficient (Wildman–Crippen LogP) is 4.01. The highest BCUT2D eigenvalue weighted by atomic mass is 16.5. The Hall–Kier alpha value is -3.04. The van der Waals surface area contributed by atoms with E-state index in [2.05, 4.69) is 18.2 Å². The molecule has 0 bridgehead atoms. The molecule has 3 aliphatic carbocycles. The number of benzene rings is 2. The van der Waals surface area contributed by atoms with Gasteiger partial charge in [-0.1, -0.05) is 36.4 Å². The van der Waals surface area contributed by atoms with Crippen LogP contribution in [0, 0.1) is 34.0 Å². The maximum Gasteiger partial charge on any atom is 0.119 e. The van der Waals surface area contributed by atoms with E-state index in [0.29, 0.717) is 0 Å². The van der Waals surface area contributed by atoms with Gasteiger partial charge in [-0.25, -0.2) is 0 Å². The lowest BCUT2D eigenvalue weighted by atomic mass is 9.85. The standard InChI is InChI=1S/C21H14N2O/c1-24-13-7-8-14-15(9-13)19-20-17(12-5-3-2-4-6-12)16(10-22)18(14)21(19,20)11-23/h2-9,18-20H,1H3. The predicted molar refractivity (Wildman–Crippen MR) is 89.0 cm³/mol. The van der Waals surface area contributed by atoms with Crippen molar-refractivity contribution in [3.63, 3.8) is 0 Å². The summed E-state index contributed by atoms with van der Waals surface area (Å²) in [4.78, 5) is 0. The molecular formula is C21H14N2O. The van der Waals surface area contributed by atoms with Crippen LogP contribution in [0.15, 0.2) is 54.1 Å². The van der Waals surface area contributed by atoms with E-state index in [9.17, 15) is 10.5 Å². The lowest BCUT2D eigenvalue weighted by molar-refractivity contribution is 0.414. The lowest BCUT2D eigenvalue weighted by Gasteiger charge is -2.14. The van der Waals surface area contributed by atoms with Gasteiger partial charge in [-0.3, -0.25) is 0 Å². The normalized spacial score (nSPS) is 31.0.